The van der Waals surface area contributed by atoms with Gasteiger partial charge in [0, 0.05) is 17.2 Å². The third-order valence-electron chi connectivity index (χ3n) is 3.32. The molecule has 1 heterocycles. The first-order valence-corrected chi connectivity index (χ1v) is 7.28. The summed E-state index contributed by atoms with van der Waals surface area (Å²) in [4.78, 5) is 10.8. The third-order valence-corrected chi connectivity index (χ3v) is 3.67. The first-order valence-electron chi connectivity index (χ1n) is 6.91. The maximum absolute atomic E-state index is 13.7. The number of hydrogen-bond acceptors (Lipinski definition) is 4. The van der Waals surface area contributed by atoms with E-state index in [-0.39, 0.29) is 17.9 Å². The van der Waals surface area contributed by atoms with Crippen molar-refractivity contribution in [1.29, 1.82) is 0 Å². The number of nitrogens with zero attached hydrogens (tertiary/aromatic N) is 1. The summed E-state index contributed by atoms with van der Waals surface area (Å²) in [5, 5.41) is 12.8. The number of benzene rings is 2. The highest BCUT2D eigenvalue weighted by Crippen LogP contribution is 2.24. The molecule has 5 nitrogen and oxygen atoms in total. The van der Waals surface area contributed by atoms with E-state index in [0.717, 1.165) is 0 Å². The average Bonchev–Trinajstić information content (AvgIpc) is 3.05. The molecule has 0 aliphatic rings. The van der Waals surface area contributed by atoms with Gasteiger partial charge in [-0.2, -0.15) is 0 Å². The summed E-state index contributed by atoms with van der Waals surface area (Å²) in [5.74, 6) is -1.34. The van der Waals surface area contributed by atoms with Crippen molar-refractivity contribution in [1.82, 2.24) is 5.16 Å². The standard InChI is InChI=1S/C17H11ClFNO4/c18-13-2-1-3-14(19)12(13)9-23-11-6-4-10(5-7-11)15-8-16(17(21)22)24-20-15/h1-8H,9H2,(H,21,22). The second-order valence-corrected chi connectivity index (χ2v) is 5.30. The highest BCUT2D eigenvalue weighted by molar-refractivity contribution is 6.31. The molecule has 0 fully saturated rings. The van der Waals surface area contributed by atoms with Crippen LogP contribution in [0.15, 0.2) is 53.1 Å². The van der Waals surface area contributed by atoms with Gasteiger partial charge in [0.2, 0.25) is 5.76 Å². The van der Waals surface area contributed by atoms with Crippen LogP contribution < -0.4 is 4.74 Å². The van der Waals surface area contributed by atoms with Gasteiger partial charge in [-0.3, -0.25) is 0 Å². The Kier molecular flexibility index (Phi) is 4.48. The molecule has 122 valence electrons. The molecule has 3 aromatic rings. The molecule has 0 amide bonds. The van der Waals surface area contributed by atoms with Gasteiger partial charge in [-0.15, -0.1) is 0 Å². The van der Waals surface area contributed by atoms with Crippen LogP contribution in [-0.2, 0) is 6.61 Å². The minimum Gasteiger partial charge on any atom is -0.489 e. The number of aromatic carboxylic acids is 1. The van der Waals surface area contributed by atoms with Crippen LogP contribution in [0.3, 0.4) is 0 Å². The van der Waals surface area contributed by atoms with E-state index in [1.807, 2.05) is 0 Å². The number of hydrogen-bond donors (Lipinski definition) is 1. The number of carboxylic acid groups (broad SMARTS) is 1. The fraction of sp³-hybridized carbons (Fsp3) is 0.0588. The molecule has 24 heavy (non-hydrogen) atoms. The van der Waals surface area contributed by atoms with Crippen LogP contribution in [0.25, 0.3) is 11.3 Å². The van der Waals surface area contributed by atoms with E-state index in [0.29, 0.717) is 22.0 Å². The van der Waals surface area contributed by atoms with E-state index >= 15 is 0 Å². The Morgan fingerprint density at radius 2 is 2.00 bits per heavy atom. The predicted molar refractivity (Wildman–Crippen MR) is 84.6 cm³/mol. The van der Waals surface area contributed by atoms with Gasteiger partial charge in [0.1, 0.15) is 23.9 Å². The lowest BCUT2D eigenvalue weighted by Crippen LogP contribution is -1.99. The Labute approximate surface area is 141 Å². The molecule has 0 unspecified atom stereocenters. The fourth-order valence-corrected chi connectivity index (χ4v) is 2.28. The molecule has 3 rings (SSSR count). The molecule has 7 heteroatoms. The number of carboxylic acids is 1. The normalized spacial score (nSPS) is 10.6. The fourth-order valence-electron chi connectivity index (χ4n) is 2.06. The molecule has 0 saturated carbocycles. The van der Waals surface area contributed by atoms with E-state index in [2.05, 4.69) is 5.16 Å². The van der Waals surface area contributed by atoms with Gasteiger partial charge in [-0.05, 0) is 36.4 Å². The number of ether oxygens (including phenoxy) is 1. The van der Waals surface area contributed by atoms with Crippen LogP contribution in [0, 0.1) is 5.82 Å². The molecule has 0 radical (unpaired) electrons. The minimum absolute atomic E-state index is 0.00201. The van der Waals surface area contributed by atoms with Crippen molar-refractivity contribution < 1.29 is 23.6 Å². The van der Waals surface area contributed by atoms with E-state index in [1.165, 1.54) is 18.2 Å². The highest BCUT2D eigenvalue weighted by Gasteiger charge is 2.12. The van der Waals surface area contributed by atoms with Crippen molar-refractivity contribution in [2.75, 3.05) is 0 Å². The SMILES string of the molecule is O=C(O)c1cc(-c2ccc(OCc3c(F)cccc3Cl)cc2)no1. The Bertz CT molecular complexity index is 856. The van der Waals surface area contributed by atoms with Crippen molar-refractivity contribution in [3.05, 3.63) is 70.7 Å². The van der Waals surface area contributed by atoms with E-state index in [9.17, 15) is 9.18 Å². The largest absolute Gasteiger partial charge is 0.489 e. The number of carbonyl (C=O) groups is 1. The van der Waals surface area contributed by atoms with E-state index < -0.39 is 11.8 Å². The van der Waals surface area contributed by atoms with E-state index in [4.69, 9.17) is 26.0 Å². The molecular weight excluding hydrogens is 337 g/mol. The van der Waals surface area contributed by atoms with Gasteiger partial charge in [-0.25, -0.2) is 9.18 Å². The van der Waals surface area contributed by atoms with Gasteiger partial charge in [0.25, 0.3) is 0 Å². The topological polar surface area (TPSA) is 72.6 Å². The Hall–Kier alpha value is -2.86. The summed E-state index contributed by atoms with van der Waals surface area (Å²) in [7, 11) is 0. The van der Waals surface area contributed by atoms with Crippen molar-refractivity contribution in [3.8, 4) is 17.0 Å². The number of rotatable bonds is 5. The molecule has 1 N–H and O–H groups in total. The molecule has 1 aromatic heterocycles. The highest BCUT2D eigenvalue weighted by atomic mass is 35.5. The molecular formula is C17H11ClFNO4. The summed E-state index contributed by atoms with van der Waals surface area (Å²) < 4.78 is 23.9. The Balaban J connectivity index is 1.71. The second kappa shape index (κ2) is 6.72. The van der Waals surface area contributed by atoms with Crippen molar-refractivity contribution in [2.45, 2.75) is 6.61 Å². The van der Waals surface area contributed by atoms with Crippen LogP contribution in [0.4, 0.5) is 4.39 Å². The lowest BCUT2D eigenvalue weighted by atomic mass is 10.1. The molecule has 0 bridgehead atoms. The van der Waals surface area contributed by atoms with E-state index in [1.54, 1.807) is 30.3 Å². The van der Waals surface area contributed by atoms with Gasteiger partial charge in [0.15, 0.2) is 0 Å². The van der Waals surface area contributed by atoms with Crippen LogP contribution >= 0.6 is 11.6 Å². The molecule has 0 spiro atoms. The van der Waals surface area contributed by atoms with Gasteiger partial charge >= 0.3 is 5.97 Å². The molecule has 0 atom stereocenters. The Morgan fingerprint density at radius 3 is 2.62 bits per heavy atom. The first kappa shape index (κ1) is 16.0. The second-order valence-electron chi connectivity index (χ2n) is 4.89. The van der Waals surface area contributed by atoms with Crippen molar-refractivity contribution in [3.63, 3.8) is 0 Å². The zero-order valence-electron chi connectivity index (χ0n) is 12.2. The number of halogens is 2. The number of aromatic nitrogens is 1. The molecule has 0 aliphatic heterocycles. The zero-order valence-corrected chi connectivity index (χ0v) is 13.0. The van der Waals surface area contributed by atoms with Crippen LogP contribution in [0.2, 0.25) is 5.02 Å². The monoisotopic (exact) mass is 347 g/mol. The average molecular weight is 348 g/mol. The van der Waals surface area contributed by atoms with Crippen LogP contribution in [0.1, 0.15) is 16.1 Å². The summed E-state index contributed by atoms with van der Waals surface area (Å²) in [6, 6.07) is 12.5. The molecule has 0 aliphatic carbocycles. The minimum atomic E-state index is -1.18. The third kappa shape index (κ3) is 3.38. The predicted octanol–water partition coefficient (Wildman–Crippen LogP) is 4.41. The Morgan fingerprint density at radius 1 is 1.25 bits per heavy atom. The lowest BCUT2D eigenvalue weighted by molar-refractivity contribution is 0.0652. The maximum Gasteiger partial charge on any atom is 0.374 e. The quantitative estimate of drug-likeness (QED) is 0.740. The van der Waals surface area contributed by atoms with Crippen LogP contribution in [-0.4, -0.2) is 16.2 Å². The molecule has 2 aromatic carbocycles. The van der Waals surface area contributed by atoms with Gasteiger partial charge < -0.3 is 14.4 Å². The summed E-state index contributed by atoms with van der Waals surface area (Å²) in [6.07, 6.45) is 0. The van der Waals surface area contributed by atoms with Gasteiger partial charge in [-0.1, -0.05) is 22.8 Å². The molecule has 0 saturated heterocycles. The zero-order chi connectivity index (χ0) is 17.1. The van der Waals surface area contributed by atoms with Crippen LogP contribution in [0.5, 0.6) is 5.75 Å². The summed E-state index contributed by atoms with van der Waals surface area (Å²) in [6.45, 7) is -0.00201. The smallest absolute Gasteiger partial charge is 0.374 e. The summed E-state index contributed by atoms with van der Waals surface area (Å²) >= 11 is 5.94. The summed E-state index contributed by atoms with van der Waals surface area (Å²) in [5.41, 5.74) is 1.35. The van der Waals surface area contributed by atoms with Gasteiger partial charge in [0.05, 0.1) is 5.02 Å². The first-order chi connectivity index (χ1) is 11.5. The maximum atomic E-state index is 13.7. The lowest BCUT2D eigenvalue weighted by Gasteiger charge is -2.09. The van der Waals surface area contributed by atoms with Crippen molar-refractivity contribution >= 4 is 17.6 Å². The van der Waals surface area contributed by atoms with Crippen molar-refractivity contribution in [2.24, 2.45) is 0 Å².